The van der Waals surface area contributed by atoms with E-state index in [-0.39, 0.29) is 0 Å². The van der Waals surface area contributed by atoms with Crippen molar-refractivity contribution in [1.82, 2.24) is 14.5 Å². The molecular formula is C36H23N3S. The Labute approximate surface area is 235 Å². The van der Waals surface area contributed by atoms with Crippen molar-refractivity contribution in [3.05, 3.63) is 140 Å². The third-order valence-electron chi connectivity index (χ3n) is 7.41. The zero-order valence-corrected chi connectivity index (χ0v) is 22.3. The molecule has 0 atom stereocenters. The van der Waals surface area contributed by atoms with Crippen LogP contribution in [0.3, 0.4) is 0 Å². The number of thiophene rings is 1. The van der Waals surface area contributed by atoms with Gasteiger partial charge in [-0.25, -0.2) is 9.97 Å². The summed E-state index contributed by atoms with van der Waals surface area (Å²) >= 11 is 1.84. The van der Waals surface area contributed by atoms with Gasteiger partial charge in [0.05, 0.1) is 27.1 Å². The number of rotatable bonds is 4. The van der Waals surface area contributed by atoms with Gasteiger partial charge >= 0.3 is 0 Å². The van der Waals surface area contributed by atoms with Crippen LogP contribution in [-0.2, 0) is 0 Å². The minimum Gasteiger partial charge on any atom is -0.308 e. The highest BCUT2D eigenvalue weighted by Gasteiger charge is 2.18. The summed E-state index contributed by atoms with van der Waals surface area (Å²) in [7, 11) is 0. The Bertz CT molecular complexity index is 2090. The lowest BCUT2D eigenvalue weighted by Crippen LogP contribution is -1.96. The van der Waals surface area contributed by atoms with Crippen LogP contribution in [-0.4, -0.2) is 14.5 Å². The van der Waals surface area contributed by atoms with Gasteiger partial charge in [-0.15, -0.1) is 11.3 Å². The van der Waals surface area contributed by atoms with Gasteiger partial charge < -0.3 is 4.57 Å². The van der Waals surface area contributed by atoms with Crippen LogP contribution >= 0.6 is 11.3 Å². The number of nitrogens with zero attached hydrogens (tertiary/aromatic N) is 3. The first-order chi connectivity index (χ1) is 19.8. The second-order valence-corrected chi connectivity index (χ2v) is 10.9. The number of benzene rings is 5. The van der Waals surface area contributed by atoms with Crippen LogP contribution in [0.15, 0.2) is 140 Å². The van der Waals surface area contributed by atoms with Crippen LogP contribution in [0.5, 0.6) is 0 Å². The summed E-state index contributed by atoms with van der Waals surface area (Å²) in [6, 6.07) is 48.7. The maximum absolute atomic E-state index is 5.05. The molecule has 0 aliphatic heterocycles. The Morgan fingerprint density at radius 3 is 1.77 bits per heavy atom. The molecule has 3 nitrogen and oxygen atoms in total. The average Bonchev–Trinajstić information content (AvgIpc) is 3.56. The maximum Gasteiger partial charge on any atom is 0.160 e. The lowest BCUT2D eigenvalue weighted by atomic mass is 10.1. The SMILES string of the molecule is c1ccc(-c2cc(-c3ccccc3)nc(-c3ccc4c(c3)sc3c5ccccc5n(-c5ccccc5)c43)n2)cc1. The van der Waals surface area contributed by atoms with E-state index < -0.39 is 0 Å². The molecule has 40 heavy (non-hydrogen) atoms. The summed E-state index contributed by atoms with van der Waals surface area (Å²) in [5, 5.41) is 2.52. The smallest absolute Gasteiger partial charge is 0.160 e. The second kappa shape index (κ2) is 9.30. The molecule has 0 radical (unpaired) electrons. The third kappa shape index (κ3) is 3.73. The van der Waals surface area contributed by atoms with E-state index >= 15 is 0 Å². The molecule has 4 heteroatoms. The summed E-state index contributed by atoms with van der Waals surface area (Å²) in [5.41, 5.74) is 8.66. The van der Waals surface area contributed by atoms with Gasteiger partial charge in [-0.05, 0) is 30.3 Å². The van der Waals surface area contributed by atoms with E-state index in [0.717, 1.165) is 33.9 Å². The van der Waals surface area contributed by atoms with Gasteiger partial charge in [0, 0.05) is 37.9 Å². The molecule has 8 aromatic rings. The van der Waals surface area contributed by atoms with Crippen molar-refractivity contribution in [1.29, 1.82) is 0 Å². The van der Waals surface area contributed by atoms with Crippen molar-refractivity contribution in [2.45, 2.75) is 0 Å². The average molecular weight is 530 g/mol. The van der Waals surface area contributed by atoms with Crippen molar-refractivity contribution in [3.8, 4) is 39.6 Å². The quantitative estimate of drug-likeness (QED) is 0.227. The molecule has 0 N–H and O–H groups in total. The molecule has 0 bridgehead atoms. The molecule has 0 unspecified atom stereocenters. The zero-order valence-electron chi connectivity index (χ0n) is 21.5. The van der Waals surface area contributed by atoms with Gasteiger partial charge in [0.1, 0.15) is 0 Å². The molecule has 188 valence electrons. The number of fused-ring (bicyclic) bond motifs is 5. The fourth-order valence-corrected chi connectivity index (χ4v) is 6.80. The summed E-state index contributed by atoms with van der Waals surface area (Å²) in [6.45, 7) is 0. The predicted molar refractivity (Wildman–Crippen MR) is 168 cm³/mol. The highest BCUT2D eigenvalue weighted by Crippen LogP contribution is 2.43. The van der Waals surface area contributed by atoms with E-state index in [9.17, 15) is 0 Å². The highest BCUT2D eigenvalue weighted by atomic mass is 32.1. The van der Waals surface area contributed by atoms with E-state index in [1.807, 2.05) is 23.5 Å². The Balaban J connectivity index is 1.35. The van der Waals surface area contributed by atoms with Crippen LogP contribution in [0.2, 0.25) is 0 Å². The highest BCUT2D eigenvalue weighted by molar-refractivity contribution is 7.26. The van der Waals surface area contributed by atoms with Gasteiger partial charge in [-0.1, -0.05) is 109 Å². The fourth-order valence-electron chi connectivity index (χ4n) is 5.54. The first-order valence-electron chi connectivity index (χ1n) is 13.3. The minimum atomic E-state index is 0.732. The fraction of sp³-hybridized carbons (Fsp3) is 0. The first-order valence-corrected chi connectivity index (χ1v) is 14.2. The molecule has 5 aromatic carbocycles. The second-order valence-electron chi connectivity index (χ2n) is 9.87. The van der Waals surface area contributed by atoms with Crippen molar-refractivity contribution < 1.29 is 0 Å². The first kappa shape index (κ1) is 22.9. The van der Waals surface area contributed by atoms with Crippen LogP contribution in [0.25, 0.3) is 70.8 Å². The number of hydrogen-bond donors (Lipinski definition) is 0. The van der Waals surface area contributed by atoms with Crippen LogP contribution in [0.1, 0.15) is 0 Å². The lowest BCUT2D eigenvalue weighted by molar-refractivity contribution is 1.18. The number of aromatic nitrogens is 3. The molecule has 0 amide bonds. The van der Waals surface area contributed by atoms with Crippen molar-refractivity contribution in [2.75, 3.05) is 0 Å². The molecular weight excluding hydrogens is 506 g/mol. The minimum absolute atomic E-state index is 0.732. The zero-order chi connectivity index (χ0) is 26.5. The van der Waals surface area contributed by atoms with Gasteiger partial charge in [0.15, 0.2) is 5.82 Å². The molecule has 0 saturated heterocycles. The van der Waals surface area contributed by atoms with E-state index in [1.165, 1.54) is 36.9 Å². The maximum atomic E-state index is 5.05. The van der Waals surface area contributed by atoms with Crippen molar-refractivity contribution in [3.63, 3.8) is 0 Å². The normalized spacial score (nSPS) is 11.5. The third-order valence-corrected chi connectivity index (χ3v) is 8.59. The predicted octanol–water partition coefficient (Wildman–Crippen LogP) is 9.79. The Kier molecular flexibility index (Phi) is 5.32. The van der Waals surface area contributed by atoms with Gasteiger partial charge in [-0.2, -0.15) is 0 Å². The number of hydrogen-bond acceptors (Lipinski definition) is 3. The standard InChI is InChI=1S/C36H23N3S/c1-4-12-24(13-5-1)30-23-31(25-14-6-2-7-15-25)38-36(37-30)26-20-21-29-33(22-26)40-35-28-18-10-11-19-32(28)39(34(29)35)27-16-8-3-9-17-27/h1-23H. The molecule has 3 heterocycles. The van der Waals surface area contributed by atoms with Crippen LogP contribution in [0.4, 0.5) is 0 Å². The molecule has 0 saturated carbocycles. The van der Waals surface area contributed by atoms with Crippen molar-refractivity contribution in [2.24, 2.45) is 0 Å². The van der Waals surface area contributed by atoms with E-state index in [0.29, 0.717) is 0 Å². The van der Waals surface area contributed by atoms with Crippen LogP contribution in [0, 0.1) is 0 Å². The molecule has 0 fully saturated rings. The summed E-state index contributed by atoms with van der Waals surface area (Å²) < 4.78 is 4.92. The van der Waals surface area contributed by atoms with E-state index in [4.69, 9.17) is 9.97 Å². The molecule has 0 aliphatic rings. The Hall–Kier alpha value is -5.06. The van der Waals surface area contributed by atoms with Gasteiger partial charge in [-0.3, -0.25) is 0 Å². The van der Waals surface area contributed by atoms with Crippen LogP contribution < -0.4 is 0 Å². The molecule has 0 aliphatic carbocycles. The van der Waals surface area contributed by atoms with Gasteiger partial charge in [0.25, 0.3) is 0 Å². The van der Waals surface area contributed by atoms with E-state index in [2.05, 4.69) is 132 Å². The monoisotopic (exact) mass is 529 g/mol. The topological polar surface area (TPSA) is 30.7 Å². The van der Waals surface area contributed by atoms with Crippen molar-refractivity contribution >= 4 is 42.5 Å². The van der Waals surface area contributed by atoms with Gasteiger partial charge in [0.2, 0.25) is 0 Å². The Morgan fingerprint density at radius 1 is 0.500 bits per heavy atom. The molecule has 8 rings (SSSR count). The summed E-state index contributed by atoms with van der Waals surface area (Å²) in [6.07, 6.45) is 0. The Morgan fingerprint density at radius 2 is 1.10 bits per heavy atom. The molecule has 3 aromatic heterocycles. The van der Waals surface area contributed by atoms with E-state index in [1.54, 1.807) is 0 Å². The lowest BCUT2D eigenvalue weighted by Gasteiger charge is -2.10. The summed E-state index contributed by atoms with van der Waals surface area (Å²) in [4.78, 5) is 10.1. The summed E-state index contributed by atoms with van der Waals surface area (Å²) in [5.74, 6) is 0.732. The molecule has 0 spiro atoms. The number of para-hydroxylation sites is 2. The largest absolute Gasteiger partial charge is 0.308 e.